The summed E-state index contributed by atoms with van der Waals surface area (Å²) in [6.45, 7) is 5.35. The van der Waals surface area contributed by atoms with Crippen LogP contribution < -0.4 is 0 Å². The van der Waals surface area contributed by atoms with E-state index in [0.717, 1.165) is 38.5 Å². The van der Waals surface area contributed by atoms with E-state index >= 15 is 0 Å². The van der Waals surface area contributed by atoms with Gasteiger partial charge >= 0.3 is 5.97 Å². The summed E-state index contributed by atoms with van der Waals surface area (Å²) in [5.41, 5.74) is -0.459. The maximum absolute atomic E-state index is 12.8. The highest BCUT2D eigenvalue weighted by molar-refractivity contribution is 5.92. The molecule has 0 aliphatic heterocycles. The lowest BCUT2D eigenvalue weighted by atomic mass is 9.46. The van der Waals surface area contributed by atoms with Crippen LogP contribution in [0.2, 0.25) is 0 Å². The van der Waals surface area contributed by atoms with E-state index in [0.29, 0.717) is 30.6 Å². The number of rotatable bonds is 3. The molecule has 4 rings (SSSR count). The molecular weight excluding hydrogens is 356 g/mol. The zero-order chi connectivity index (χ0) is 20.3. The fraction of sp³-hybridized carbons (Fsp3) is 0.783. The Morgan fingerprint density at radius 1 is 1.11 bits per heavy atom. The smallest absolute Gasteiger partial charge is 0.303 e. The van der Waals surface area contributed by atoms with Crippen molar-refractivity contribution in [2.75, 3.05) is 6.61 Å². The lowest BCUT2D eigenvalue weighted by Gasteiger charge is -2.58. The van der Waals surface area contributed by atoms with Crippen molar-refractivity contribution < 1.29 is 24.2 Å². The summed E-state index contributed by atoms with van der Waals surface area (Å²) < 4.78 is 4.92. The summed E-state index contributed by atoms with van der Waals surface area (Å²) in [5.74, 6) is 0.712. The third-order valence-electron chi connectivity index (χ3n) is 8.98. The van der Waals surface area contributed by atoms with Gasteiger partial charge in [-0.15, -0.1) is 0 Å². The molecule has 154 valence electrons. The van der Waals surface area contributed by atoms with Gasteiger partial charge in [0, 0.05) is 18.8 Å². The summed E-state index contributed by atoms with van der Waals surface area (Å²) in [6.07, 6.45) is 8.53. The zero-order valence-electron chi connectivity index (χ0n) is 17.3. The van der Waals surface area contributed by atoms with Gasteiger partial charge in [-0.1, -0.05) is 19.4 Å². The molecule has 1 N–H and O–H groups in total. The SMILES string of the molecule is CC(=O)OCC(=O)[C@]1(O)CC[C@@H]2[C@H]3CCC4=CC(=O)CC[C@]4(C)[C@@H]3CC[C@]21C. The summed E-state index contributed by atoms with van der Waals surface area (Å²) in [6, 6.07) is 0. The Morgan fingerprint density at radius 2 is 1.82 bits per heavy atom. The van der Waals surface area contributed by atoms with E-state index in [1.54, 1.807) is 0 Å². The number of ketones is 2. The number of hydrogen-bond acceptors (Lipinski definition) is 5. The first-order valence-electron chi connectivity index (χ1n) is 10.7. The molecule has 0 heterocycles. The number of allylic oxidation sites excluding steroid dienone is 1. The molecule has 0 bridgehead atoms. The number of hydrogen-bond donors (Lipinski definition) is 1. The van der Waals surface area contributed by atoms with Crippen molar-refractivity contribution >= 4 is 17.5 Å². The fourth-order valence-corrected chi connectivity index (χ4v) is 7.32. The van der Waals surface area contributed by atoms with E-state index in [2.05, 4.69) is 13.8 Å². The van der Waals surface area contributed by atoms with Crippen molar-refractivity contribution in [2.24, 2.45) is 28.6 Å². The number of carbonyl (C=O) groups excluding carboxylic acids is 3. The van der Waals surface area contributed by atoms with Gasteiger partial charge in [-0.05, 0) is 74.2 Å². The molecule has 0 amide bonds. The van der Waals surface area contributed by atoms with Gasteiger partial charge in [-0.3, -0.25) is 14.4 Å². The Morgan fingerprint density at radius 3 is 2.54 bits per heavy atom. The molecule has 4 aliphatic carbocycles. The molecule has 3 fully saturated rings. The standard InChI is InChI=1S/C23H32O5/c1-14(24)28-13-20(26)23(27)11-8-19-17-5-4-15-12-16(25)6-9-21(15,2)18(17)7-10-22(19,23)3/h12,17-19,27H,4-11,13H2,1-3H3/t17-,18+,19+,21-,22+,23+/m0/s1. The van der Waals surface area contributed by atoms with Crippen molar-refractivity contribution in [3.05, 3.63) is 11.6 Å². The monoisotopic (exact) mass is 388 g/mol. The van der Waals surface area contributed by atoms with Gasteiger partial charge in [0.05, 0.1) is 0 Å². The van der Waals surface area contributed by atoms with Gasteiger partial charge in [0.1, 0.15) is 5.60 Å². The first-order valence-corrected chi connectivity index (χ1v) is 10.7. The lowest BCUT2D eigenvalue weighted by Crippen LogP contribution is -2.58. The quantitative estimate of drug-likeness (QED) is 0.750. The average molecular weight is 389 g/mol. The zero-order valence-corrected chi connectivity index (χ0v) is 17.3. The van der Waals surface area contributed by atoms with Gasteiger partial charge in [0.15, 0.2) is 12.4 Å². The fourth-order valence-electron chi connectivity index (χ4n) is 7.32. The van der Waals surface area contributed by atoms with Crippen LogP contribution in [0.3, 0.4) is 0 Å². The minimum Gasteiger partial charge on any atom is -0.458 e. The Hall–Kier alpha value is -1.49. The maximum atomic E-state index is 12.8. The van der Waals surface area contributed by atoms with Gasteiger partial charge in [-0.25, -0.2) is 0 Å². The highest BCUT2D eigenvalue weighted by atomic mass is 16.5. The van der Waals surface area contributed by atoms with Gasteiger partial charge in [0.25, 0.3) is 0 Å². The Balaban J connectivity index is 1.60. The number of aliphatic hydroxyl groups is 1. The van der Waals surface area contributed by atoms with Gasteiger partial charge < -0.3 is 9.84 Å². The highest BCUT2D eigenvalue weighted by Crippen LogP contribution is 2.67. The molecular formula is C23H32O5. The molecule has 0 aromatic heterocycles. The molecule has 5 heteroatoms. The molecule has 6 atom stereocenters. The van der Waals surface area contributed by atoms with Gasteiger partial charge in [0.2, 0.25) is 5.78 Å². The molecule has 28 heavy (non-hydrogen) atoms. The van der Waals surface area contributed by atoms with E-state index in [1.807, 2.05) is 6.08 Å². The van der Waals surface area contributed by atoms with Crippen LogP contribution in [0, 0.1) is 28.6 Å². The number of fused-ring (bicyclic) bond motifs is 5. The summed E-state index contributed by atoms with van der Waals surface area (Å²) >= 11 is 0. The first kappa shape index (κ1) is 19.8. The molecule has 0 aromatic carbocycles. The second-order valence-corrected chi connectivity index (χ2v) is 10.0. The molecule has 5 nitrogen and oxygen atoms in total. The second kappa shape index (κ2) is 6.51. The number of Topliss-reactive ketones (excluding diaryl/α,β-unsaturated/α-hetero) is 1. The van der Waals surface area contributed by atoms with Crippen molar-refractivity contribution in [3.63, 3.8) is 0 Å². The number of carbonyl (C=O) groups is 3. The van der Waals surface area contributed by atoms with Crippen molar-refractivity contribution in [3.8, 4) is 0 Å². The van der Waals surface area contributed by atoms with E-state index in [-0.39, 0.29) is 23.6 Å². The molecule has 0 aromatic rings. The summed E-state index contributed by atoms with van der Waals surface area (Å²) in [4.78, 5) is 35.9. The van der Waals surface area contributed by atoms with E-state index in [4.69, 9.17) is 4.74 Å². The maximum Gasteiger partial charge on any atom is 0.303 e. The highest BCUT2D eigenvalue weighted by Gasteiger charge is 2.66. The van der Waals surface area contributed by atoms with Crippen LogP contribution >= 0.6 is 0 Å². The largest absolute Gasteiger partial charge is 0.458 e. The molecule has 0 unspecified atom stereocenters. The molecule has 4 aliphatic rings. The summed E-state index contributed by atoms with van der Waals surface area (Å²) in [7, 11) is 0. The average Bonchev–Trinajstić information content (AvgIpc) is 2.92. The van der Waals surface area contributed by atoms with Crippen LogP contribution in [-0.4, -0.2) is 34.9 Å². The lowest BCUT2D eigenvalue weighted by molar-refractivity contribution is -0.169. The summed E-state index contributed by atoms with van der Waals surface area (Å²) in [5, 5.41) is 11.5. The minimum absolute atomic E-state index is 0.0839. The van der Waals surface area contributed by atoms with Crippen molar-refractivity contribution in [1.29, 1.82) is 0 Å². The normalized spacial score (nSPS) is 44.8. The first-order chi connectivity index (χ1) is 13.1. The predicted molar refractivity (Wildman–Crippen MR) is 103 cm³/mol. The Kier molecular flexibility index (Phi) is 4.61. The topological polar surface area (TPSA) is 80.7 Å². The number of esters is 1. The molecule has 3 saturated carbocycles. The number of ether oxygens (including phenoxy) is 1. The van der Waals surface area contributed by atoms with Crippen molar-refractivity contribution in [1.82, 2.24) is 0 Å². The van der Waals surface area contributed by atoms with Crippen LogP contribution in [0.4, 0.5) is 0 Å². The third-order valence-corrected chi connectivity index (χ3v) is 8.98. The minimum atomic E-state index is -1.41. The van der Waals surface area contributed by atoms with Crippen LogP contribution in [0.25, 0.3) is 0 Å². The molecule has 0 spiro atoms. The third kappa shape index (κ3) is 2.65. The second-order valence-electron chi connectivity index (χ2n) is 10.0. The van der Waals surface area contributed by atoms with Crippen LogP contribution in [-0.2, 0) is 19.1 Å². The van der Waals surface area contributed by atoms with Crippen molar-refractivity contribution in [2.45, 2.75) is 77.7 Å². The predicted octanol–water partition coefficient (Wildman–Crippen LogP) is 3.38. The molecule has 0 saturated heterocycles. The Labute approximate surface area is 166 Å². The van der Waals surface area contributed by atoms with Crippen LogP contribution in [0.5, 0.6) is 0 Å². The van der Waals surface area contributed by atoms with Gasteiger partial charge in [-0.2, -0.15) is 0 Å². The van der Waals surface area contributed by atoms with E-state index in [9.17, 15) is 19.5 Å². The van der Waals surface area contributed by atoms with E-state index < -0.39 is 17.0 Å². The van der Waals surface area contributed by atoms with Crippen LogP contribution in [0.15, 0.2) is 11.6 Å². The Bertz CT molecular complexity index is 754. The van der Waals surface area contributed by atoms with Crippen LogP contribution in [0.1, 0.15) is 72.1 Å². The molecule has 0 radical (unpaired) electrons. The van der Waals surface area contributed by atoms with E-state index in [1.165, 1.54) is 12.5 Å².